The molecule has 3 aromatic rings. The molecule has 7 heteroatoms. The zero-order chi connectivity index (χ0) is 27.4. The second-order valence-corrected chi connectivity index (χ2v) is 9.91. The maximum Gasteiger partial charge on any atom is 0.242 e. The number of ether oxygens (including phenoxy) is 4. The summed E-state index contributed by atoms with van der Waals surface area (Å²) >= 11 is 0. The Bertz CT molecular complexity index is 1280. The lowest BCUT2D eigenvalue weighted by Crippen LogP contribution is -2.61. The van der Waals surface area contributed by atoms with Gasteiger partial charge in [0, 0.05) is 12.6 Å². The lowest BCUT2D eigenvalue weighted by molar-refractivity contribution is -0.138. The number of hydrogen-bond acceptors (Lipinski definition) is 6. The molecule has 0 saturated heterocycles. The molecule has 4 rings (SSSR count). The van der Waals surface area contributed by atoms with Gasteiger partial charge in [-0.3, -0.25) is 9.69 Å². The van der Waals surface area contributed by atoms with E-state index in [2.05, 4.69) is 24.8 Å². The van der Waals surface area contributed by atoms with Crippen LogP contribution in [0.2, 0.25) is 0 Å². The van der Waals surface area contributed by atoms with Crippen LogP contribution in [0, 0.1) is 5.92 Å². The Balaban J connectivity index is 1.94. The summed E-state index contributed by atoms with van der Waals surface area (Å²) in [7, 11) is 6.54. The summed E-state index contributed by atoms with van der Waals surface area (Å²) in [6.07, 6.45) is 1.37. The molecule has 1 heterocycles. The average Bonchev–Trinajstić information content (AvgIpc) is 2.93. The van der Waals surface area contributed by atoms with Crippen molar-refractivity contribution in [2.45, 2.75) is 38.3 Å². The number of primary amides is 1. The highest BCUT2D eigenvalue weighted by molar-refractivity contribution is 5.86. The Hall–Kier alpha value is -3.71. The predicted molar refractivity (Wildman–Crippen MR) is 148 cm³/mol. The summed E-state index contributed by atoms with van der Waals surface area (Å²) in [5.74, 6) is 2.23. The van der Waals surface area contributed by atoms with Gasteiger partial charge in [-0.15, -0.1) is 0 Å². The van der Waals surface area contributed by atoms with Crippen LogP contribution in [0.1, 0.15) is 42.1 Å². The van der Waals surface area contributed by atoms with Crippen LogP contribution in [0.3, 0.4) is 0 Å². The average molecular weight is 519 g/mol. The first-order valence-electron chi connectivity index (χ1n) is 12.9. The molecule has 2 N–H and O–H groups in total. The van der Waals surface area contributed by atoms with Crippen LogP contribution in [0.5, 0.6) is 23.0 Å². The minimum atomic E-state index is -1.02. The Labute approximate surface area is 225 Å². The van der Waals surface area contributed by atoms with Gasteiger partial charge in [-0.25, -0.2) is 0 Å². The van der Waals surface area contributed by atoms with E-state index in [1.54, 1.807) is 28.4 Å². The van der Waals surface area contributed by atoms with Gasteiger partial charge in [0.2, 0.25) is 5.91 Å². The molecule has 202 valence electrons. The third-order valence-corrected chi connectivity index (χ3v) is 7.76. The predicted octanol–water partition coefficient (Wildman–Crippen LogP) is 4.90. The number of rotatable bonds is 10. The van der Waals surface area contributed by atoms with E-state index in [4.69, 9.17) is 24.7 Å². The molecule has 38 heavy (non-hydrogen) atoms. The Morgan fingerprint density at radius 1 is 0.895 bits per heavy atom. The van der Waals surface area contributed by atoms with Crippen molar-refractivity contribution in [2.75, 3.05) is 35.0 Å². The monoisotopic (exact) mass is 518 g/mol. The zero-order valence-electron chi connectivity index (χ0n) is 23.1. The molecule has 1 amide bonds. The van der Waals surface area contributed by atoms with Crippen molar-refractivity contribution in [2.24, 2.45) is 11.7 Å². The Morgan fingerprint density at radius 3 is 2.08 bits per heavy atom. The third-order valence-electron chi connectivity index (χ3n) is 7.76. The molecule has 0 fully saturated rings. The standard InChI is InChI=1S/C31H38N2O5/c1-20(2)31(30(32)34,23-10-8-7-9-11-23)33-15-14-22-18-28(37-5)29(38-6)19-24(22)25(33)16-21-12-13-26(35-3)27(17-21)36-4/h7-13,17-20,25H,14-16H2,1-6H3,(H2,32,34)/t25-,31+/m0/s1. The summed E-state index contributed by atoms with van der Waals surface area (Å²) in [6.45, 7) is 4.78. The molecule has 0 radical (unpaired) electrons. The van der Waals surface area contributed by atoms with Crippen LogP contribution in [0.15, 0.2) is 60.7 Å². The molecule has 0 saturated carbocycles. The number of amides is 1. The maximum absolute atomic E-state index is 13.6. The Morgan fingerprint density at radius 2 is 1.50 bits per heavy atom. The summed E-state index contributed by atoms with van der Waals surface area (Å²) in [6, 6.07) is 19.8. The topological polar surface area (TPSA) is 83.3 Å². The van der Waals surface area contributed by atoms with Crippen molar-refractivity contribution >= 4 is 5.91 Å². The SMILES string of the molecule is COc1ccc(C[C@H]2c3cc(OC)c(OC)cc3CCN2[C@@](C(N)=O)(c2ccccc2)C(C)C)cc1OC. The second kappa shape index (κ2) is 11.4. The van der Waals surface area contributed by atoms with E-state index >= 15 is 0 Å². The van der Waals surface area contributed by atoms with Crippen molar-refractivity contribution in [1.82, 2.24) is 4.90 Å². The molecule has 3 aromatic carbocycles. The molecule has 0 unspecified atom stereocenters. The first kappa shape index (κ1) is 27.3. The molecule has 0 spiro atoms. The van der Waals surface area contributed by atoms with Gasteiger partial charge in [0.1, 0.15) is 5.54 Å². The largest absolute Gasteiger partial charge is 0.493 e. The van der Waals surface area contributed by atoms with Crippen molar-refractivity contribution in [1.29, 1.82) is 0 Å². The van der Waals surface area contributed by atoms with E-state index in [0.29, 0.717) is 36.0 Å². The van der Waals surface area contributed by atoms with Crippen molar-refractivity contribution in [3.05, 3.63) is 82.9 Å². The summed E-state index contributed by atoms with van der Waals surface area (Å²) in [5.41, 5.74) is 9.51. The number of nitrogens with zero attached hydrogens (tertiary/aromatic N) is 1. The first-order valence-corrected chi connectivity index (χ1v) is 12.9. The fourth-order valence-electron chi connectivity index (χ4n) is 5.99. The van der Waals surface area contributed by atoms with Gasteiger partial charge in [0.15, 0.2) is 23.0 Å². The molecule has 7 nitrogen and oxygen atoms in total. The number of hydrogen-bond donors (Lipinski definition) is 1. The van der Waals surface area contributed by atoms with Crippen LogP contribution >= 0.6 is 0 Å². The quantitative estimate of drug-likeness (QED) is 0.411. The molecule has 0 bridgehead atoms. The second-order valence-electron chi connectivity index (χ2n) is 9.91. The molecule has 1 aliphatic rings. The molecule has 2 atom stereocenters. The number of nitrogens with two attached hydrogens (primary N) is 1. The highest BCUT2D eigenvalue weighted by atomic mass is 16.5. The van der Waals surface area contributed by atoms with E-state index in [9.17, 15) is 4.79 Å². The number of methoxy groups -OCH3 is 4. The molecular formula is C31H38N2O5. The fourth-order valence-corrected chi connectivity index (χ4v) is 5.99. The van der Waals surface area contributed by atoms with Gasteiger partial charge >= 0.3 is 0 Å². The van der Waals surface area contributed by atoms with E-state index in [1.807, 2.05) is 54.6 Å². The maximum atomic E-state index is 13.6. The van der Waals surface area contributed by atoms with Gasteiger partial charge < -0.3 is 24.7 Å². The summed E-state index contributed by atoms with van der Waals surface area (Å²) in [5, 5.41) is 0. The minimum absolute atomic E-state index is 0.0861. The number of fused-ring (bicyclic) bond motifs is 1. The number of benzene rings is 3. The van der Waals surface area contributed by atoms with E-state index in [0.717, 1.165) is 23.1 Å². The van der Waals surface area contributed by atoms with Crippen LogP contribution in [-0.4, -0.2) is 45.8 Å². The highest BCUT2D eigenvalue weighted by Gasteiger charge is 2.51. The lowest BCUT2D eigenvalue weighted by atomic mass is 9.74. The Kier molecular flexibility index (Phi) is 8.17. The van der Waals surface area contributed by atoms with E-state index < -0.39 is 5.54 Å². The van der Waals surface area contributed by atoms with E-state index in [1.165, 1.54) is 5.56 Å². The first-order chi connectivity index (χ1) is 18.3. The molecular weight excluding hydrogens is 480 g/mol. The highest BCUT2D eigenvalue weighted by Crippen LogP contribution is 2.47. The third kappa shape index (κ3) is 4.67. The zero-order valence-corrected chi connectivity index (χ0v) is 23.1. The van der Waals surface area contributed by atoms with Gasteiger partial charge in [-0.2, -0.15) is 0 Å². The van der Waals surface area contributed by atoms with Crippen LogP contribution in [-0.2, 0) is 23.2 Å². The van der Waals surface area contributed by atoms with Crippen molar-refractivity contribution in [3.8, 4) is 23.0 Å². The smallest absolute Gasteiger partial charge is 0.242 e. The van der Waals surface area contributed by atoms with Crippen LogP contribution < -0.4 is 24.7 Å². The van der Waals surface area contributed by atoms with Crippen LogP contribution in [0.25, 0.3) is 0 Å². The number of carbonyl (C=O) groups excluding carboxylic acids is 1. The van der Waals surface area contributed by atoms with Crippen molar-refractivity contribution < 1.29 is 23.7 Å². The number of carbonyl (C=O) groups is 1. The molecule has 0 aromatic heterocycles. The van der Waals surface area contributed by atoms with Gasteiger partial charge in [0.05, 0.1) is 28.4 Å². The van der Waals surface area contributed by atoms with Gasteiger partial charge in [-0.1, -0.05) is 50.2 Å². The van der Waals surface area contributed by atoms with Crippen molar-refractivity contribution in [3.63, 3.8) is 0 Å². The van der Waals surface area contributed by atoms with Gasteiger partial charge in [0.25, 0.3) is 0 Å². The summed E-state index contributed by atoms with van der Waals surface area (Å²) in [4.78, 5) is 15.9. The fraction of sp³-hybridized carbons (Fsp3) is 0.387. The lowest BCUT2D eigenvalue weighted by Gasteiger charge is -2.51. The van der Waals surface area contributed by atoms with Crippen LogP contribution in [0.4, 0.5) is 0 Å². The van der Waals surface area contributed by atoms with Gasteiger partial charge in [-0.05, 0) is 65.3 Å². The molecule has 1 aliphatic heterocycles. The summed E-state index contributed by atoms with van der Waals surface area (Å²) < 4.78 is 22.4. The minimum Gasteiger partial charge on any atom is -0.493 e. The molecule has 0 aliphatic carbocycles. The normalized spacial score (nSPS) is 16.9. The van der Waals surface area contributed by atoms with E-state index in [-0.39, 0.29) is 17.9 Å².